The highest BCUT2D eigenvalue weighted by molar-refractivity contribution is 5.85. The smallest absolute Gasteiger partial charge is 0.416 e. The van der Waals surface area contributed by atoms with Gasteiger partial charge in [0.15, 0.2) is 0 Å². The lowest BCUT2D eigenvalue weighted by Crippen LogP contribution is -2.33. The van der Waals surface area contributed by atoms with Crippen molar-refractivity contribution >= 4 is 18.4 Å². The van der Waals surface area contributed by atoms with Crippen LogP contribution in [0.5, 0.6) is 0 Å². The maximum Gasteiger partial charge on any atom is 0.416 e. The molecule has 1 rings (SSSR count). The minimum atomic E-state index is -4.36. The largest absolute Gasteiger partial charge is 0.468 e. The first-order valence-corrected chi connectivity index (χ1v) is 4.84. The summed E-state index contributed by atoms with van der Waals surface area (Å²) in [7, 11) is 1.20. The van der Waals surface area contributed by atoms with Crippen molar-refractivity contribution in [2.75, 3.05) is 7.11 Å². The van der Waals surface area contributed by atoms with Crippen molar-refractivity contribution in [1.82, 2.24) is 0 Å². The number of methoxy groups -OCH3 is 1. The minimum absolute atomic E-state index is 0. The van der Waals surface area contributed by atoms with E-state index < -0.39 is 23.8 Å². The predicted molar refractivity (Wildman–Crippen MR) is 62.4 cm³/mol. The van der Waals surface area contributed by atoms with Gasteiger partial charge in [-0.25, -0.2) is 0 Å². The Morgan fingerprint density at radius 3 is 2.22 bits per heavy atom. The van der Waals surface area contributed by atoms with Gasteiger partial charge in [0.2, 0.25) is 0 Å². The zero-order valence-corrected chi connectivity index (χ0v) is 10.3. The lowest BCUT2D eigenvalue weighted by atomic mass is 10.0. The van der Waals surface area contributed by atoms with Crippen LogP contribution in [0.2, 0.25) is 0 Å². The molecule has 18 heavy (non-hydrogen) atoms. The van der Waals surface area contributed by atoms with E-state index in [2.05, 4.69) is 4.74 Å². The Morgan fingerprint density at radius 2 is 1.83 bits per heavy atom. The highest BCUT2D eigenvalue weighted by Crippen LogP contribution is 2.29. The number of hydrogen-bond acceptors (Lipinski definition) is 3. The number of carbonyl (C=O) groups is 1. The van der Waals surface area contributed by atoms with Gasteiger partial charge in [0.1, 0.15) is 6.04 Å². The summed E-state index contributed by atoms with van der Waals surface area (Å²) in [6.45, 7) is 0. The minimum Gasteiger partial charge on any atom is -0.468 e. The quantitative estimate of drug-likeness (QED) is 0.865. The molecule has 0 aliphatic rings. The van der Waals surface area contributed by atoms with E-state index in [1.54, 1.807) is 0 Å². The van der Waals surface area contributed by atoms with Gasteiger partial charge in [-0.1, -0.05) is 12.1 Å². The lowest BCUT2D eigenvalue weighted by Gasteiger charge is -2.10. The standard InChI is InChI=1S/C11H12F3NO2.ClH/c1-17-10(16)9(15)6-7-2-4-8(5-3-7)11(12,13)14;/h2-5,9H,6,15H2,1H3;1H. The Morgan fingerprint density at radius 1 is 1.33 bits per heavy atom. The van der Waals surface area contributed by atoms with Crippen molar-refractivity contribution in [3.05, 3.63) is 35.4 Å². The van der Waals surface area contributed by atoms with E-state index in [4.69, 9.17) is 5.73 Å². The third kappa shape index (κ3) is 4.54. The topological polar surface area (TPSA) is 52.3 Å². The second kappa shape index (κ2) is 6.61. The molecule has 0 aliphatic carbocycles. The summed E-state index contributed by atoms with van der Waals surface area (Å²) >= 11 is 0. The maximum atomic E-state index is 12.3. The van der Waals surface area contributed by atoms with Crippen LogP contribution in [0.3, 0.4) is 0 Å². The number of carbonyl (C=O) groups excluding carboxylic acids is 1. The van der Waals surface area contributed by atoms with E-state index in [0.717, 1.165) is 12.1 Å². The van der Waals surface area contributed by atoms with Crippen LogP contribution in [0.25, 0.3) is 0 Å². The molecule has 102 valence electrons. The number of ether oxygens (including phenoxy) is 1. The van der Waals surface area contributed by atoms with Crippen molar-refractivity contribution in [3.8, 4) is 0 Å². The van der Waals surface area contributed by atoms with E-state index >= 15 is 0 Å². The third-order valence-electron chi connectivity index (χ3n) is 2.24. The van der Waals surface area contributed by atoms with Gasteiger partial charge in [-0.05, 0) is 24.1 Å². The first-order valence-electron chi connectivity index (χ1n) is 4.84. The van der Waals surface area contributed by atoms with Crippen LogP contribution in [-0.4, -0.2) is 19.1 Å². The molecule has 1 aromatic rings. The van der Waals surface area contributed by atoms with Crippen molar-refractivity contribution in [2.24, 2.45) is 5.73 Å². The number of benzene rings is 1. The normalized spacial score (nSPS) is 12.5. The summed E-state index contributed by atoms with van der Waals surface area (Å²) in [5.74, 6) is -0.593. The highest BCUT2D eigenvalue weighted by Gasteiger charge is 2.30. The molecule has 0 aliphatic heterocycles. The molecule has 7 heteroatoms. The second-order valence-corrected chi connectivity index (χ2v) is 3.53. The van der Waals surface area contributed by atoms with Crippen molar-refractivity contribution < 1.29 is 22.7 Å². The molecular formula is C11H13ClF3NO2. The molecule has 2 N–H and O–H groups in total. The van der Waals surface area contributed by atoms with Crippen LogP contribution in [0.1, 0.15) is 11.1 Å². The van der Waals surface area contributed by atoms with Crippen LogP contribution in [0.4, 0.5) is 13.2 Å². The highest BCUT2D eigenvalue weighted by atomic mass is 35.5. The Bertz CT molecular complexity index is 392. The Balaban J connectivity index is 0.00000289. The lowest BCUT2D eigenvalue weighted by molar-refractivity contribution is -0.142. The fourth-order valence-corrected chi connectivity index (χ4v) is 1.32. The SMILES string of the molecule is COC(=O)C(N)Cc1ccc(C(F)(F)F)cc1.Cl. The van der Waals surface area contributed by atoms with E-state index in [0.29, 0.717) is 5.56 Å². The number of alkyl halides is 3. The first-order chi connectivity index (χ1) is 7.84. The van der Waals surface area contributed by atoms with Gasteiger partial charge < -0.3 is 10.5 Å². The monoisotopic (exact) mass is 283 g/mol. The fraction of sp³-hybridized carbons (Fsp3) is 0.364. The maximum absolute atomic E-state index is 12.3. The Kier molecular flexibility index (Phi) is 6.14. The Labute approximate surface area is 109 Å². The molecular weight excluding hydrogens is 271 g/mol. The molecule has 0 bridgehead atoms. The van der Waals surface area contributed by atoms with Crippen LogP contribution in [0, 0.1) is 0 Å². The zero-order chi connectivity index (χ0) is 13.1. The van der Waals surface area contributed by atoms with Gasteiger partial charge in [-0.3, -0.25) is 4.79 Å². The summed E-state index contributed by atoms with van der Waals surface area (Å²) in [4.78, 5) is 11.0. The van der Waals surface area contributed by atoms with Crippen molar-refractivity contribution in [3.63, 3.8) is 0 Å². The molecule has 1 aromatic carbocycles. The molecule has 1 atom stereocenters. The molecule has 0 heterocycles. The van der Waals surface area contributed by atoms with Gasteiger partial charge in [-0.15, -0.1) is 12.4 Å². The Hall–Kier alpha value is -1.27. The number of nitrogens with two attached hydrogens (primary N) is 1. The first kappa shape index (κ1) is 16.7. The van der Waals surface area contributed by atoms with Gasteiger partial charge >= 0.3 is 12.1 Å². The summed E-state index contributed by atoms with van der Waals surface area (Å²) < 4.78 is 41.2. The fourth-order valence-electron chi connectivity index (χ4n) is 1.32. The van der Waals surface area contributed by atoms with E-state index in [9.17, 15) is 18.0 Å². The number of halogens is 4. The van der Waals surface area contributed by atoms with E-state index in [1.165, 1.54) is 19.2 Å². The van der Waals surface area contributed by atoms with Gasteiger partial charge in [0.05, 0.1) is 12.7 Å². The predicted octanol–water partition coefficient (Wildman–Crippen LogP) is 2.17. The second-order valence-electron chi connectivity index (χ2n) is 3.53. The summed E-state index contributed by atoms with van der Waals surface area (Å²) in [6.07, 6.45) is -4.21. The number of esters is 1. The average Bonchev–Trinajstić information content (AvgIpc) is 2.27. The molecule has 0 radical (unpaired) electrons. The van der Waals surface area contributed by atoms with E-state index in [-0.39, 0.29) is 18.8 Å². The number of hydrogen-bond donors (Lipinski definition) is 1. The molecule has 0 saturated heterocycles. The summed E-state index contributed by atoms with van der Waals surface area (Å²) in [5, 5.41) is 0. The summed E-state index contributed by atoms with van der Waals surface area (Å²) in [6, 6.07) is 3.65. The molecule has 0 spiro atoms. The zero-order valence-electron chi connectivity index (χ0n) is 9.53. The van der Waals surface area contributed by atoms with Gasteiger partial charge in [-0.2, -0.15) is 13.2 Å². The third-order valence-corrected chi connectivity index (χ3v) is 2.24. The van der Waals surface area contributed by atoms with Gasteiger partial charge in [0, 0.05) is 0 Å². The van der Waals surface area contributed by atoms with Gasteiger partial charge in [0.25, 0.3) is 0 Å². The number of rotatable bonds is 3. The molecule has 0 amide bonds. The molecule has 0 aromatic heterocycles. The van der Waals surface area contributed by atoms with Crippen LogP contribution < -0.4 is 5.73 Å². The molecule has 1 unspecified atom stereocenters. The molecule has 0 saturated carbocycles. The molecule has 0 fully saturated rings. The van der Waals surface area contributed by atoms with Crippen molar-refractivity contribution in [2.45, 2.75) is 18.6 Å². The van der Waals surface area contributed by atoms with Crippen LogP contribution >= 0.6 is 12.4 Å². The average molecular weight is 284 g/mol. The molecule has 3 nitrogen and oxygen atoms in total. The summed E-state index contributed by atoms with van der Waals surface area (Å²) in [5.41, 5.74) is 5.31. The van der Waals surface area contributed by atoms with Crippen LogP contribution in [-0.2, 0) is 22.1 Å². The van der Waals surface area contributed by atoms with E-state index in [1.807, 2.05) is 0 Å². The van der Waals surface area contributed by atoms with Crippen molar-refractivity contribution in [1.29, 1.82) is 0 Å². The van der Waals surface area contributed by atoms with Crippen LogP contribution in [0.15, 0.2) is 24.3 Å².